The molecule has 1 aromatic carbocycles. The first-order chi connectivity index (χ1) is 9.36. The highest BCUT2D eigenvalue weighted by atomic mass is 32.2. The minimum atomic E-state index is -0.558. The Morgan fingerprint density at radius 1 is 1.35 bits per heavy atom. The van der Waals surface area contributed by atoms with Gasteiger partial charge in [0, 0.05) is 23.4 Å². The molecule has 1 aliphatic rings. The lowest BCUT2D eigenvalue weighted by atomic mass is 9.85. The second-order valence-corrected chi connectivity index (χ2v) is 7.14. The average molecular weight is 298 g/mol. The van der Waals surface area contributed by atoms with E-state index in [2.05, 4.69) is 31.1 Å². The summed E-state index contributed by atoms with van der Waals surface area (Å²) in [5.74, 6) is -0.0842. The van der Waals surface area contributed by atoms with Gasteiger partial charge in [0.25, 0.3) is 0 Å². The van der Waals surface area contributed by atoms with Crippen LogP contribution in [-0.4, -0.2) is 17.0 Å². The Kier molecular flexibility index (Phi) is 4.68. The minimum absolute atomic E-state index is 0.170. The molecule has 5 heteroatoms. The molecule has 2 rings (SSSR count). The molecular weight excluding hydrogens is 278 g/mol. The number of hydrogen-bond acceptors (Lipinski definition) is 2. The maximum Gasteiger partial charge on any atom is 0.157 e. The van der Waals surface area contributed by atoms with Crippen LogP contribution in [-0.2, 0) is 6.54 Å². The fourth-order valence-corrected chi connectivity index (χ4v) is 3.01. The molecule has 0 spiro atoms. The van der Waals surface area contributed by atoms with Crippen molar-refractivity contribution in [3.8, 4) is 0 Å². The molecule has 1 saturated heterocycles. The number of thioether (sulfide) groups is 1. The van der Waals surface area contributed by atoms with Gasteiger partial charge in [-0.25, -0.2) is 8.78 Å². The van der Waals surface area contributed by atoms with Crippen LogP contribution >= 0.6 is 11.8 Å². The van der Waals surface area contributed by atoms with Crippen LogP contribution in [0.4, 0.5) is 8.78 Å². The second kappa shape index (κ2) is 6.12. The fourth-order valence-electron chi connectivity index (χ4n) is 2.08. The Hall–Kier alpha value is -1.10. The van der Waals surface area contributed by atoms with Crippen molar-refractivity contribution in [3.05, 3.63) is 35.4 Å². The molecule has 0 saturated carbocycles. The van der Waals surface area contributed by atoms with Crippen LogP contribution in [0.15, 0.2) is 23.2 Å². The molecule has 1 heterocycles. The van der Waals surface area contributed by atoms with Crippen molar-refractivity contribution in [2.24, 2.45) is 10.4 Å². The Balaban J connectivity index is 2.04. The first-order valence-corrected chi connectivity index (χ1v) is 7.72. The quantitative estimate of drug-likeness (QED) is 0.893. The smallest absolute Gasteiger partial charge is 0.157 e. The molecule has 1 atom stereocenters. The molecule has 20 heavy (non-hydrogen) atoms. The van der Waals surface area contributed by atoms with Crippen molar-refractivity contribution in [1.29, 1.82) is 0 Å². The summed E-state index contributed by atoms with van der Waals surface area (Å²) in [6, 6.07) is 3.98. The SMILES string of the molecule is CC(C)(C)C1CCSC(=NCc2ccc(F)cc2F)N1. The van der Waals surface area contributed by atoms with Gasteiger partial charge in [-0.05, 0) is 17.9 Å². The summed E-state index contributed by atoms with van der Waals surface area (Å²) in [5, 5.41) is 4.26. The summed E-state index contributed by atoms with van der Waals surface area (Å²) in [4.78, 5) is 4.41. The zero-order chi connectivity index (χ0) is 14.8. The highest BCUT2D eigenvalue weighted by Gasteiger charge is 2.28. The standard InChI is InChI=1S/C15H20F2N2S/c1-15(2,3)13-6-7-20-14(19-13)18-9-10-4-5-11(16)8-12(10)17/h4-5,8,13H,6-7,9H2,1-3H3,(H,18,19). The number of hydrogen-bond donors (Lipinski definition) is 1. The molecule has 1 unspecified atom stereocenters. The van der Waals surface area contributed by atoms with Gasteiger partial charge in [0.05, 0.1) is 6.54 Å². The molecule has 0 aromatic heterocycles. The summed E-state index contributed by atoms with van der Waals surface area (Å²) in [5.41, 5.74) is 0.585. The van der Waals surface area contributed by atoms with E-state index in [-0.39, 0.29) is 12.0 Å². The summed E-state index contributed by atoms with van der Waals surface area (Å²) in [6.45, 7) is 6.81. The third-order valence-electron chi connectivity index (χ3n) is 3.40. The monoisotopic (exact) mass is 298 g/mol. The normalized spacial score (nSPS) is 21.9. The summed E-state index contributed by atoms with van der Waals surface area (Å²) >= 11 is 1.65. The minimum Gasteiger partial charge on any atom is -0.362 e. The first-order valence-electron chi connectivity index (χ1n) is 6.74. The van der Waals surface area contributed by atoms with E-state index in [9.17, 15) is 8.78 Å². The van der Waals surface area contributed by atoms with Crippen LogP contribution in [0.1, 0.15) is 32.8 Å². The summed E-state index contributed by atoms with van der Waals surface area (Å²) < 4.78 is 26.4. The molecular formula is C15H20F2N2S. The lowest BCUT2D eigenvalue weighted by Gasteiger charge is -2.35. The molecule has 1 aromatic rings. The van der Waals surface area contributed by atoms with E-state index in [1.165, 1.54) is 12.1 Å². The number of nitrogens with one attached hydrogen (secondary N) is 1. The number of aliphatic imine (C=N–C) groups is 1. The van der Waals surface area contributed by atoms with E-state index in [0.29, 0.717) is 11.6 Å². The molecule has 1 aliphatic heterocycles. The highest BCUT2D eigenvalue weighted by molar-refractivity contribution is 8.13. The molecule has 0 aliphatic carbocycles. The van der Waals surface area contributed by atoms with E-state index in [1.54, 1.807) is 11.8 Å². The van der Waals surface area contributed by atoms with E-state index in [4.69, 9.17) is 0 Å². The van der Waals surface area contributed by atoms with Crippen molar-refractivity contribution in [2.75, 3.05) is 5.75 Å². The number of nitrogens with zero attached hydrogens (tertiary/aromatic N) is 1. The van der Waals surface area contributed by atoms with Gasteiger partial charge in [0.2, 0.25) is 0 Å². The van der Waals surface area contributed by atoms with Crippen molar-refractivity contribution in [3.63, 3.8) is 0 Å². The fraction of sp³-hybridized carbons (Fsp3) is 0.533. The Morgan fingerprint density at radius 2 is 2.10 bits per heavy atom. The van der Waals surface area contributed by atoms with Crippen molar-refractivity contribution in [2.45, 2.75) is 39.8 Å². The predicted octanol–water partition coefficient (Wildman–Crippen LogP) is 3.96. The van der Waals surface area contributed by atoms with Crippen LogP contribution in [0.2, 0.25) is 0 Å². The average Bonchev–Trinajstić information content (AvgIpc) is 2.37. The Morgan fingerprint density at radius 3 is 2.75 bits per heavy atom. The van der Waals surface area contributed by atoms with E-state index in [0.717, 1.165) is 23.4 Å². The molecule has 0 bridgehead atoms. The van der Waals surface area contributed by atoms with Gasteiger partial charge in [-0.1, -0.05) is 38.6 Å². The topological polar surface area (TPSA) is 24.4 Å². The number of benzene rings is 1. The maximum absolute atomic E-state index is 13.5. The third-order valence-corrected chi connectivity index (χ3v) is 4.36. The lowest BCUT2D eigenvalue weighted by molar-refractivity contribution is 0.290. The van der Waals surface area contributed by atoms with Crippen LogP contribution < -0.4 is 5.32 Å². The second-order valence-electron chi connectivity index (χ2n) is 6.06. The molecule has 2 nitrogen and oxygen atoms in total. The molecule has 110 valence electrons. The van der Waals surface area contributed by atoms with E-state index >= 15 is 0 Å². The molecule has 1 fully saturated rings. The summed E-state index contributed by atoms with van der Waals surface area (Å²) in [7, 11) is 0. The number of rotatable bonds is 2. The Labute approximate surface area is 123 Å². The van der Waals surface area contributed by atoms with Crippen molar-refractivity contribution in [1.82, 2.24) is 5.32 Å². The molecule has 0 amide bonds. The zero-order valence-corrected chi connectivity index (χ0v) is 12.9. The number of amidine groups is 1. The van der Waals surface area contributed by atoms with Gasteiger partial charge in [0.15, 0.2) is 5.17 Å². The van der Waals surface area contributed by atoms with Crippen LogP contribution in [0.25, 0.3) is 0 Å². The van der Waals surface area contributed by atoms with Crippen LogP contribution in [0, 0.1) is 17.0 Å². The van der Waals surface area contributed by atoms with Gasteiger partial charge >= 0.3 is 0 Å². The van der Waals surface area contributed by atoms with E-state index in [1.807, 2.05) is 0 Å². The summed E-state index contributed by atoms with van der Waals surface area (Å²) in [6.07, 6.45) is 1.10. The highest BCUT2D eigenvalue weighted by Crippen LogP contribution is 2.27. The Bertz CT molecular complexity index is 509. The van der Waals surface area contributed by atoms with Crippen LogP contribution in [0.5, 0.6) is 0 Å². The van der Waals surface area contributed by atoms with Gasteiger partial charge in [0.1, 0.15) is 11.6 Å². The maximum atomic E-state index is 13.5. The first kappa shape index (κ1) is 15.3. The third kappa shape index (κ3) is 3.95. The van der Waals surface area contributed by atoms with Gasteiger partial charge in [-0.15, -0.1) is 0 Å². The van der Waals surface area contributed by atoms with Crippen LogP contribution in [0.3, 0.4) is 0 Å². The van der Waals surface area contributed by atoms with Gasteiger partial charge in [-0.3, -0.25) is 4.99 Å². The lowest BCUT2D eigenvalue weighted by Crippen LogP contribution is -2.46. The number of halogens is 2. The molecule has 1 N–H and O–H groups in total. The van der Waals surface area contributed by atoms with E-state index < -0.39 is 11.6 Å². The molecule has 0 radical (unpaired) electrons. The van der Waals surface area contributed by atoms with Gasteiger partial charge in [-0.2, -0.15) is 0 Å². The van der Waals surface area contributed by atoms with Crippen molar-refractivity contribution >= 4 is 16.9 Å². The predicted molar refractivity (Wildman–Crippen MR) is 81.0 cm³/mol. The largest absolute Gasteiger partial charge is 0.362 e. The van der Waals surface area contributed by atoms with Gasteiger partial charge < -0.3 is 5.32 Å². The zero-order valence-electron chi connectivity index (χ0n) is 12.0. The van der Waals surface area contributed by atoms with Crippen molar-refractivity contribution < 1.29 is 8.78 Å².